The third-order valence-corrected chi connectivity index (χ3v) is 2.98. The highest BCUT2D eigenvalue weighted by molar-refractivity contribution is 7.17. The van der Waals surface area contributed by atoms with Crippen molar-refractivity contribution in [2.45, 2.75) is 46.1 Å². The third-order valence-electron chi connectivity index (χ3n) is 2.00. The quantitative estimate of drug-likeness (QED) is 0.889. The highest BCUT2D eigenvalue weighted by atomic mass is 32.1. The fourth-order valence-corrected chi connectivity index (χ4v) is 2.27. The van der Waals surface area contributed by atoms with Gasteiger partial charge in [0, 0.05) is 0 Å². The Morgan fingerprint density at radius 3 is 2.32 bits per heavy atom. The van der Waals surface area contributed by atoms with E-state index in [0.717, 1.165) is 11.3 Å². The molecule has 1 aromatic heterocycles. The van der Waals surface area contributed by atoms with Crippen LogP contribution < -0.4 is 5.32 Å². The fourth-order valence-electron chi connectivity index (χ4n) is 1.32. The second kappa shape index (κ2) is 5.56. The van der Waals surface area contributed by atoms with Crippen LogP contribution in [-0.4, -0.2) is 27.8 Å². The Morgan fingerprint density at radius 2 is 1.95 bits per heavy atom. The van der Waals surface area contributed by atoms with Crippen LogP contribution in [0.4, 0.5) is 9.93 Å². The van der Waals surface area contributed by atoms with Crippen molar-refractivity contribution in [3.8, 4) is 0 Å². The van der Waals surface area contributed by atoms with Crippen molar-refractivity contribution >= 4 is 28.5 Å². The second-order valence-electron chi connectivity index (χ2n) is 5.32. The standard InChI is InChI=1S/C12H18N2O4S/c1-6(2)7-8(9(15)16)19-10(13-7)14-11(17)18-12(3,4)5/h6H,1-5H3,(H,15,16)(H,13,14,17). The lowest BCUT2D eigenvalue weighted by molar-refractivity contribution is 0.0634. The van der Waals surface area contributed by atoms with Crippen LogP contribution in [0.2, 0.25) is 0 Å². The van der Waals surface area contributed by atoms with E-state index in [4.69, 9.17) is 9.84 Å². The molecule has 0 aromatic carbocycles. The van der Waals surface area contributed by atoms with Gasteiger partial charge in [-0.15, -0.1) is 0 Å². The number of nitrogens with zero attached hydrogens (tertiary/aromatic N) is 1. The van der Waals surface area contributed by atoms with Crippen LogP contribution in [0.15, 0.2) is 0 Å². The molecule has 0 fully saturated rings. The molecule has 0 unspecified atom stereocenters. The van der Waals surface area contributed by atoms with Crippen molar-refractivity contribution in [2.24, 2.45) is 0 Å². The summed E-state index contributed by atoms with van der Waals surface area (Å²) in [5.74, 6) is -1.07. The molecule has 2 N–H and O–H groups in total. The zero-order chi connectivity index (χ0) is 14.8. The van der Waals surface area contributed by atoms with Gasteiger partial charge in [0.2, 0.25) is 0 Å². The molecular formula is C12H18N2O4S. The van der Waals surface area contributed by atoms with E-state index >= 15 is 0 Å². The maximum absolute atomic E-state index is 11.6. The fraction of sp³-hybridized carbons (Fsp3) is 0.583. The van der Waals surface area contributed by atoms with Gasteiger partial charge in [-0.2, -0.15) is 0 Å². The Bertz CT molecular complexity index is 488. The van der Waals surface area contributed by atoms with Crippen LogP contribution in [-0.2, 0) is 4.74 Å². The van der Waals surface area contributed by atoms with E-state index < -0.39 is 17.7 Å². The Morgan fingerprint density at radius 1 is 1.37 bits per heavy atom. The van der Waals surface area contributed by atoms with Gasteiger partial charge >= 0.3 is 12.1 Å². The number of carboxylic acid groups (broad SMARTS) is 1. The molecule has 1 aromatic rings. The van der Waals surface area contributed by atoms with Gasteiger partial charge in [-0.1, -0.05) is 25.2 Å². The van der Waals surface area contributed by atoms with Gasteiger partial charge in [-0.3, -0.25) is 5.32 Å². The van der Waals surface area contributed by atoms with E-state index in [2.05, 4.69) is 10.3 Å². The molecule has 1 amide bonds. The van der Waals surface area contributed by atoms with E-state index in [1.807, 2.05) is 13.8 Å². The van der Waals surface area contributed by atoms with Crippen molar-refractivity contribution in [3.05, 3.63) is 10.6 Å². The second-order valence-corrected chi connectivity index (χ2v) is 6.32. The summed E-state index contributed by atoms with van der Waals surface area (Å²) in [5, 5.41) is 11.8. The lowest BCUT2D eigenvalue weighted by Gasteiger charge is -2.18. The van der Waals surface area contributed by atoms with Crippen LogP contribution in [0.1, 0.15) is 55.9 Å². The van der Waals surface area contributed by atoms with Gasteiger partial charge in [0.25, 0.3) is 0 Å². The summed E-state index contributed by atoms with van der Waals surface area (Å²) in [6.07, 6.45) is -0.645. The van der Waals surface area contributed by atoms with Crippen molar-refractivity contribution < 1.29 is 19.4 Å². The zero-order valence-electron chi connectivity index (χ0n) is 11.6. The molecule has 0 saturated carbocycles. The molecule has 1 rings (SSSR count). The number of hydrogen-bond donors (Lipinski definition) is 2. The first kappa shape index (κ1) is 15.4. The molecule has 0 aliphatic heterocycles. The number of nitrogens with one attached hydrogen (secondary N) is 1. The number of thiazole rings is 1. The van der Waals surface area contributed by atoms with Crippen LogP contribution in [0.5, 0.6) is 0 Å². The molecule has 0 spiro atoms. The predicted octanol–water partition coefficient (Wildman–Crippen LogP) is 3.31. The molecule has 106 valence electrons. The Hall–Kier alpha value is -1.63. The summed E-state index contributed by atoms with van der Waals surface area (Å²) < 4.78 is 5.08. The number of carbonyl (C=O) groups is 2. The largest absolute Gasteiger partial charge is 0.477 e. The number of carboxylic acids is 1. The smallest absolute Gasteiger partial charge is 0.413 e. The van der Waals surface area contributed by atoms with Crippen molar-refractivity contribution in [1.82, 2.24) is 4.98 Å². The normalized spacial score (nSPS) is 11.5. The number of aromatic carboxylic acids is 1. The molecule has 6 nitrogen and oxygen atoms in total. The maximum atomic E-state index is 11.6. The minimum absolute atomic E-state index is 0.0310. The lowest BCUT2D eigenvalue weighted by atomic mass is 10.1. The number of ether oxygens (including phenoxy) is 1. The van der Waals surface area contributed by atoms with Crippen LogP contribution in [0.3, 0.4) is 0 Å². The molecular weight excluding hydrogens is 268 g/mol. The highest BCUT2D eigenvalue weighted by Crippen LogP contribution is 2.28. The molecule has 0 radical (unpaired) electrons. The van der Waals surface area contributed by atoms with Gasteiger partial charge in [0.15, 0.2) is 5.13 Å². The van der Waals surface area contributed by atoms with E-state index in [1.165, 1.54) is 0 Å². The van der Waals surface area contributed by atoms with Gasteiger partial charge in [0.1, 0.15) is 10.5 Å². The summed E-state index contributed by atoms with van der Waals surface area (Å²) in [4.78, 5) is 26.9. The minimum atomic E-state index is -1.04. The van der Waals surface area contributed by atoms with Crippen molar-refractivity contribution in [3.63, 3.8) is 0 Å². The summed E-state index contributed by atoms with van der Waals surface area (Å²) in [6, 6.07) is 0. The average Bonchev–Trinajstić information content (AvgIpc) is 2.58. The topological polar surface area (TPSA) is 88.5 Å². The number of rotatable bonds is 3. The lowest BCUT2D eigenvalue weighted by Crippen LogP contribution is -2.27. The molecule has 0 aliphatic rings. The third kappa shape index (κ3) is 4.51. The van der Waals surface area contributed by atoms with Gasteiger partial charge in [-0.05, 0) is 26.7 Å². The van der Waals surface area contributed by atoms with Gasteiger partial charge in [0.05, 0.1) is 5.69 Å². The first-order valence-corrected chi connectivity index (χ1v) is 6.66. The SMILES string of the molecule is CC(C)c1nc(NC(=O)OC(C)(C)C)sc1C(=O)O. The zero-order valence-corrected chi connectivity index (χ0v) is 12.4. The first-order chi connectivity index (χ1) is 8.60. The summed E-state index contributed by atoms with van der Waals surface area (Å²) in [7, 11) is 0. The molecule has 7 heteroatoms. The summed E-state index contributed by atoms with van der Waals surface area (Å²) in [5.41, 5.74) is -0.152. The van der Waals surface area contributed by atoms with E-state index in [-0.39, 0.29) is 15.9 Å². The number of carbonyl (C=O) groups excluding carboxylic acids is 1. The molecule has 0 bridgehead atoms. The molecule has 0 atom stereocenters. The van der Waals surface area contributed by atoms with E-state index in [9.17, 15) is 9.59 Å². The number of amides is 1. The number of anilines is 1. The summed E-state index contributed by atoms with van der Waals surface area (Å²) >= 11 is 0.928. The van der Waals surface area contributed by atoms with Gasteiger partial charge < -0.3 is 9.84 Å². The number of aromatic nitrogens is 1. The number of hydrogen-bond acceptors (Lipinski definition) is 5. The first-order valence-electron chi connectivity index (χ1n) is 5.84. The van der Waals surface area contributed by atoms with Crippen LogP contribution in [0, 0.1) is 0 Å². The monoisotopic (exact) mass is 286 g/mol. The minimum Gasteiger partial charge on any atom is -0.477 e. The molecule has 0 saturated heterocycles. The predicted molar refractivity (Wildman–Crippen MR) is 73.0 cm³/mol. The van der Waals surface area contributed by atoms with Crippen molar-refractivity contribution in [2.75, 3.05) is 5.32 Å². The summed E-state index contributed by atoms with van der Waals surface area (Å²) in [6.45, 7) is 8.93. The van der Waals surface area contributed by atoms with Crippen LogP contribution in [0.25, 0.3) is 0 Å². The molecule has 1 heterocycles. The van der Waals surface area contributed by atoms with Gasteiger partial charge in [-0.25, -0.2) is 14.6 Å². The van der Waals surface area contributed by atoms with Crippen molar-refractivity contribution in [1.29, 1.82) is 0 Å². The Balaban J connectivity index is 2.89. The average molecular weight is 286 g/mol. The molecule has 19 heavy (non-hydrogen) atoms. The van der Waals surface area contributed by atoms with E-state index in [1.54, 1.807) is 20.8 Å². The van der Waals surface area contributed by atoms with E-state index in [0.29, 0.717) is 5.69 Å². The van der Waals surface area contributed by atoms with Crippen LogP contribution >= 0.6 is 11.3 Å². The molecule has 0 aliphatic carbocycles. The highest BCUT2D eigenvalue weighted by Gasteiger charge is 2.22. The Labute approximate surface area is 115 Å². The maximum Gasteiger partial charge on any atom is 0.413 e. The Kier molecular flexibility index (Phi) is 4.52.